The molecule has 0 radical (unpaired) electrons. The number of aromatic nitrogens is 8. The molecule has 0 saturated heterocycles. The summed E-state index contributed by atoms with van der Waals surface area (Å²) >= 11 is 0. The number of imidazole rings is 1. The van der Waals surface area contributed by atoms with Crippen molar-refractivity contribution in [2.45, 2.75) is 93.9 Å². The predicted molar refractivity (Wildman–Crippen MR) is 574 cm³/mol. The Morgan fingerprint density at radius 3 is 1.06 bits per heavy atom. The number of rotatable bonds is 9. The molecule has 2 aliphatic carbocycles. The molecule has 0 spiro atoms. The molecule has 25 aromatic rings. The Kier molecular flexibility index (Phi) is 19.8. The van der Waals surface area contributed by atoms with Crippen LogP contribution in [0.2, 0.25) is 0 Å². The summed E-state index contributed by atoms with van der Waals surface area (Å²) in [7, 11) is 0. The van der Waals surface area contributed by atoms with Crippen molar-refractivity contribution in [3.63, 3.8) is 0 Å². The third-order valence-corrected chi connectivity index (χ3v) is 29.9. The van der Waals surface area contributed by atoms with Gasteiger partial charge in [-0.3, -0.25) is 9.13 Å². The second kappa shape index (κ2) is 32.6. The Morgan fingerprint density at radius 2 is 0.577 bits per heavy atom. The SMILES string of the molecule is CC1=C(C)C(C)(C)c2cc3c4ccccc4n(-c4cc(-c5ccccc5)cc(-c5ccccc5)c4)c3cc21.CC1=C(C)C(C)(C)c2cc3c4ccccc4n(-c4ccccc4)c3cc21.Cc1oc2cc3c4ccccc4n(-c4cccc(-c5nc6ccccc6n5-c5ccccc5)c4)c3cc2c1C.Cc1oc2cc3c4ccccc4n(-c4nc(-c5ccccc5)c5ccccc5n4)c3cc2c1C. The highest BCUT2D eigenvalue weighted by molar-refractivity contribution is 6.17. The van der Waals surface area contributed by atoms with E-state index in [1.54, 1.807) is 0 Å². The second-order valence-electron chi connectivity index (χ2n) is 38.0. The minimum Gasteiger partial charge on any atom is -0.461 e. The smallest absolute Gasteiger partial charge is 0.235 e. The fourth-order valence-electron chi connectivity index (χ4n) is 21.8. The molecule has 10 nitrogen and oxygen atoms in total. The Labute approximate surface area is 795 Å². The molecule has 0 saturated carbocycles. The molecule has 0 aliphatic heterocycles. The van der Waals surface area contributed by atoms with Crippen molar-refractivity contribution in [3.8, 4) is 73.6 Å². The van der Waals surface area contributed by atoms with Gasteiger partial charge < -0.3 is 22.5 Å². The van der Waals surface area contributed by atoms with E-state index in [0.717, 1.165) is 117 Å². The van der Waals surface area contributed by atoms with E-state index in [0.29, 0.717) is 5.95 Å². The summed E-state index contributed by atoms with van der Waals surface area (Å²) in [6.07, 6.45) is 0. The van der Waals surface area contributed by atoms with E-state index in [-0.39, 0.29) is 10.8 Å². The number of aryl methyl sites for hydroxylation is 4. The lowest BCUT2D eigenvalue weighted by Crippen LogP contribution is -2.15. The average molecular weight is 1770 g/mol. The van der Waals surface area contributed by atoms with E-state index in [2.05, 4.69) is 438 Å². The first kappa shape index (κ1) is 83.4. The third-order valence-electron chi connectivity index (χ3n) is 29.9. The van der Waals surface area contributed by atoms with E-state index in [4.69, 9.17) is 23.8 Å². The molecule has 10 heteroatoms. The largest absolute Gasteiger partial charge is 0.461 e. The second-order valence-corrected chi connectivity index (χ2v) is 38.0. The highest BCUT2D eigenvalue weighted by Gasteiger charge is 2.37. The van der Waals surface area contributed by atoms with Crippen LogP contribution in [0.15, 0.2) is 408 Å². The monoisotopic (exact) mass is 1770 g/mol. The third kappa shape index (κ3) is 13.6. The molecule has 0 unspecified atom stereocenters. The van der Waals surface area contributed by atoms with Gasteiger partial charge in [0.2, 0.25) is 5.95 Å². The van der Waals surface area contributed by atoms with Crippen molar-refractivity contribution in [1.82, 2.24) is 37.8 Å². The van der Waals surface area contributed by atoms with Crippen LogP contribution in [0.3, 0.4) is 0 Å². The summed E-state index contributed by atoms with van der Waals surface area (Å²) in [6, 6.07) is 138. The van der Waals surface area contributed by atoms with Crippen LogP contribution in [0, 0.1) is 27.7 Å². The van der Waals surface area contributed by atoms with Crippen LogP contribution in [0.5, 0.6) is 0 Å². The van der Waals surface area contributed by atoms with Crippen LogP contribution >= 0.6 is 0 Å². The number of allylic oxidation sites excluding steroid dienone is 4. The van der Waals surface area contributed by atoms with Gasteiger partial charge in [0.15, 0.2) is 0 Å². The van der Waals surface area contributed by atoms with Crippen LogP contribution in [0.1, 0.15) is 100 Å². The number of nitrogens with zero attached hydrogens (tertiary/aromatic N) is 8. The predicted octanol–water partition coefficient (Wildman–Crippen LogP) is 34.0. The Balaban J connectivity index is 0.000000101. The molecule has 0 amide bonds. The highest BCUT2D eigenvalue weighted by Crippen LogP contribution is 2.52. The van der Waals surface area contributed by atoms with Crippen molar-refractivity contribution < 1.29 is 8.83 Å². The van der Waals surface area contributed by atoms with Gasteiger partial charge in [0.1, 0.15) is 28.5 Å². The van der Waals surface area contributed by atoms with Crippen LogP contribution < -0.4 is 0 Å². The van der Waals surface area contributed by atoms with Gasteiger partial charge in [-0.05, 0) is 268 Å². The quantitative estimate of drug-likeness (QED) is 0.144. The molecule has 17 aromatic carbocycles. The number of para-hydroxylation sites is 9. The molecule has 8 heterocycles. The Hall–Kier alpha value is -16.7. The zero-order valence-corrected chi connectivity index (χ0v) is 78.8. The van der Waals surface area contributed by atoms with E-state index < -0.39 is 0 Å². The summed E-state index contributed by atoms with van der Waals surface area (Å²) in [5.41, 5.74) is 40.9. The maximum atomic E-state index is 6.11. The van der Waals surface area contributed by atoms with Crippen molar-refractivity contribution in [1.29, 1.82) is 0 Å². The van der Waals surface area contributed by atoms with Gasteiger partial charge in [0, 0.05) is 104 Å². The van der Waals surface area contributed by atoms with Gasteiger partial charge in [0.05, 0.1) is 66.4 Å². The molecule has 2 aliphatic rings. The minimum absolute atomic E-state index is 0.0461. The summed E-state index contributed by atoms with van der Waals surface area (Å²) in [4.78, 5) is 15.3. The Bertz CT molecular complexity index is 9230. The lowest BCUT2D eigenvalue weighted by Gasteiger charge is -2.22. The lowest BCUT2D eigenvalue weighted by molar-refractivity contribution is 0.575. The molecule has 8 aromatic heterocycles. The molecule has 660 valence electrons. The normalized spacial score (nSPS) is 13.3. The zero-order chi connectivity index (χ0) is 93.0. The number of benzene rings is 17. The molecule has 0 fully saturated rings. The minimum atomic E-state index is 0.0461. The summed E-state index contributed by atoms with van der Waals surface area (Å²) in [5.74, 6) is 3.51. The van der Waals surface area contributed by atoms with Crippen LogP contribution in [0.25, 0.3) is 216 Å². The highest BCUT2D eigenvalue weighted by atomic mass is 16.3. The average Bonchev–Trinajstić information content (AvgIpc) is 1.49. The van der Waals surface area contributed by atoms with Crippen molar-refractivity contribution in [2.24, 2.45) is 0 Å². The maximum Gasteiger partial charge on any atom is 0.235 e. The fraction of sp³-hybridized carbons (Fsp3) is 0.110. The molecule has 27 rings (SSSR count). The molecular weight excluding hydrogens is 1670 g/mol. The van der Waals surface area contributed by atoms with Crippen LogP contribution in [-0.4, -0.2) is 37.8 Å². The van der Waals surface area contributed by atoms with Crippen LogP contribution in [0.4, 0.5) is 0 Å². The molecule has 0 atom stereocenters. The van der Waals surface area contributed by atoms with Gasteiger partial charge in [-0.15, -0.1) is 0 Å². The first-order valence-electron chi connectivity index (χ1n) is 47.5. The maximum absolute atomic E-state index is 6.11. The Morgan fingerprint density at radius 1 is 0.226 bits per heavy atom. The molecular formula is C127H100N8O2. The van der Waals surface area contributed by atoms with Gasteiger partial charge >= 0.3 is 0 Å². The number of hydrogen-bond acceptors (Lipinski definition) is 5. The van der Waals surface area contributed by atoms with Crippen molar-refractivity contribution in [3.05, 3.63) is 444 Å². The molecule has 0 bridgehead atoms. The van der Waals surface area contributed by atoms with Gasteiger partial charge in [-0.2, -0.15) is 0 Å². The van der Waals surface area contributed by atoms with E-state index in [1.807, 2.05) is 56.3 Å². The van der Waals surface area contributed by atoms with Crippen molar-refractivity contribution >= 4 is 142 Å². The molecule has 137 heavy (non-hydrogen) atoms. The fourth-order valence-corrected chi connectivity index (χ4v) is 21.8. The lowest BCUT2D eigenvalue weighted by atomic mass is 9.81. The topological polar surface area (TPSA) is 89.6 Å². The zero-order valence-electron chi connectivity index (χ0n) is 78.8. The summed E-state index contributed by atoms with van der Waals surface area (Å²) in [5, 5.41) is 13.3. The van der Waals surface area contributed by atoms with Gasteiger partial charge in [0.25, 0.3) is 0 Å². The van der Waals surface area contributed by atoms with E-state index >= 15 is 0 Å². The van der Waals surface area contributed by atoms with Gasteiger partial charge in [-0.1, -0.05) is 281 Å². The standard InChI is InChI=1S/C37H31N.C35H25N3O.C30H21N3O.C25H23N/c1-24-25(2)37(3,4)34-22-33-31-17-11-12-18-35(31)38(36(33)23-32(24)34)30-20-28(26-13-7-5-8-14-26)19-29(21-30)27-15-9-6-10-16-27;1-22-23(2)39-34-21-29-27-15-6-8-17-31(27)37(33(29)20-28(22)34)26-14-10-11-24(19-26)35-36-30-16-7-9-18-32(30)38(35)25-12-4-3-5-13-25;1-18-19(2)34-28-17-24-21-12-7-9-15-26(21)33(27(24)16-23(18)28)30-31-25-14-8-6-13-22(25)29(32-30)20-10-4-3-5-11-20;1-16-17(2)25(3,4)22-14-21-19-12-8-9-13-23(19)26(24(21)15-20(16)22)18-10-6-5-7-11-18/h5-23H,1-4H3;3-21H,1-2H3;3-17H,1-2H3;5-15H,1-4H3. The van der Waals surface area contributed by atoms with E-state index in [1.165, 1.54) is 149 Å². The molecule has 0 N–H and O–H groups in total. The first-order valence-corrected chi connectivity index (χ1v) is 47.5. The van der Waals surface area contributed by atoms with Crippen molar-refractivity contribution in [2.75, 3.05) is 0 Å². The van der Waals surface area contributed by atoms with E-state index in [9.17, 15) is 0 Å². The van der Waals surface area contributed by atoms with Gasteiger partial charge in [-0.25, -0.2) is 15.0 Å². The summed E-state index contributed by atoms with van der Waals surface area (Å²) in [6.45, 7) is 26.8. The first-order chi connectivity index (χ1) is 66.8. The summed E-state index contributed by atoms with van der Waals surface area (Å²) < 4.78 is 23.9. The van der Waals surface area contributed by atoms with Crippen LogP contribution in [-0.2, 0) is 10.8 Å². The number of hydrogen-bond donors (Lipinski definition) is 0. The number of furan rings is 2. The number of fused-ring (bicyclic) bond motifs is 18.